The molecule has 0 radical (unpaired) electrons. The van der Waals surface area contributed by atoms with Gasteiger partial charge in [0.15, 0.2) is 0 Å². The molecular formula is C16H18F3N5O. The van der Waals surface area contributed by atoms with E-state index in [0.29, 0.717) is 43.1 Å². The maximum absolute atomic E-state index is 12.7. The van der Waals surface area contributed by atoms with Gasteiger partial charge in [0.25, 0.3) is 5.91 Å². The van der Waals surface area contributed by atoms with Crippen molar-refractivity contribution >= 4 is 5.91 Å². The van der Waals surface area contributed by atoms with Gasteiger partial charge in [0.2, 0.25) is 0 Å². The third-order valence-corrected chi connectivity index (χ3v) is 4.18. The van der Waals surface area contributed by atoms with Crippen molar-refractivity contribution in [2.45, 2.75) is 38.8 Å². The molecule has 1 N–H and O–H groups in total. The molecule has 3 heterocycles. The molecule has 3 rings (SSSR count). The molecule has 0 unspecified atom stereocenters. The first-order chi connectivity index (χ1) is 11.7. The van der Waals surface area contributed by atoms with Gasteiger partial charge in [-0.15, -0.1) is 0 Å². The molecular weight excluding hydrogens is 335 g/mol. The summed E-state index contributed by atoms with van der Waals surface area (Å²) in [6.45, 7) is 4.35. The monoisotopic (exact) mass is 353 g/mol. The molecule has 9 heteroatoms. The Morgan fingerprint density at radius 2 is 2.08 bits per heavy atom. The number of amides is 1. The second-order valence-electron chi connectivity index (χ2n) is 6.21. The van der Waals surface area contributed by atoms with E-state index in [9.17, 15) is 18.0 Å². The smallest absolute Gasteiger partial charge is 0.338 e. The van der Waals surface area contributed by atoms with Crippen LogP contribution in [0.1, 0.15) is 52.3 Å². The summed E-state index contributed by atoms with van der Waals surface area (Å²) < 4.78 is 38.2. The molecule has 0 spiro atoms. The number of hydrogen-bond donors (Lipinski definition) is 1. The summed E-state index contributed by atoms with van der Waals surface area (Å²) >= 11 is 0. The maximum Gasteiger partial charge on any atom is 0.432 e. The van der Waals surface area contributed by atoms with Gasteiger partial charge in [-0.3, -0.25) is 4.79 Å². The van der Waals surface area contributed by atoms with Crippen LogP contribution in [-0.2, 0) is 6.18 Å². The van der Waals surface area contributed by atoms with Crippen LogP contribution in [0, 0.1) is 13.8 Å². The number of alkyl halides is 3. The average Bonchev–Trinajstić information content (AvgIpc) is 3.03. The Morgan fingerprint density at radius 1 is 1.32 bits per heavy atom. The normalized spacial score (nSPS) is 18.4. The van der Waals surface area contributed by atoms with Gasteiger partial charge in [-0.05, 0) is 32.8 Å². The fourth-order valence-corrected chi connectivity index (χ4v) is 3.06. The quantitative estimate of drug-likeness (QED) is 0.901. The molecule has 1 amide bonds. The van der Waals surface area contributed by atoms with Crippen molar-refractivity contribution in [3.8, 4) is 0 Å². The fraction of sp³-hybridized carbons (Fsp3) is 0.500. The second-order valence-corrected chi connectivity index (χ2v) is 6.21. The van der Waals surface area contributed by atoms with E-state index in [1.165, 1.54) is 0 Å². The number of aryl methyl sites for hydroxylation is 2. The molecule has 1 saturated heterocycles. The molecule has 134 valence electrons. The summed E-state index contributed by atoms with van der Waals surface area (Å²) in [7, 11) is 0. The predicted octanol–water partition coefficient (Wildman–Crippen LogP) is 2.86. The SMILES string of the molecule is Cc1cc(C(=O)N2CCC[C@@H](c3ncc(C(F)(F)F)[nH]3)C2)nc(C)n1. The molecule has 1 aliphatic rings. The van der Waals surface area contributed by atoms with Crippen molar-refractivity contribution in [1.29, 1.82) is 0 Å². The number of halogens is 3. The largest absolute Gasteiger partial charge is 0.432 e. The number of rotatable bonds is 2. The highest BCUT2D eigenvalue weighted by Crippen LogP contribution is 2.31. The Balaban J connectivity index is 1.76. The number of carbonyl (C=O) groups is 1. The highest BCUT2D eigenvalue weighted by atomic mass is 19.4. The van der Waals surface area contributed by atoms with Crippen LogP contribution in [0.5, 0.6) is 0 Å². The van der Waals surface area contributed by atoms with E-state index in [2.05, 4.69) is 19.9 Å². The Hall–Kier alpha value is -2.45. The lowest BCUT2D eigenvalue weighted by molar-refractivity contribution is -0.141. The van der Waals surface area contributed by atoms with Crippen molar-refractivity contribution in [3.05, 3.63) is 41.0 Å². The average molecular weight is 353 g/mol. The summed E-state index contributed by atoms with van der Waals surface area (Å²) in [4.78, 5) is 28.8. The number of aromatic amines is 1. The van der Waals surface area contributed by atoms with Gasteiger partial charge < -0.3 is 9.88 Å². The van der Waals surface area contributed by atoms with E-state index < -0.39 is 11.9 Å². The van der Waals surface area contributed by atoms with Crippen LogP contribution in [0.2, 0.25) is 0 Å². The Bertz CT molecular complexity index is 766. The zero-order valence-corrected chi connectivity index (χ0v) is 13.9. The number of nitrogens with zero attached hydrogens (tertiary/aromatic N) is 4. The number of likely N-dealkylation sites (tertiary alicyclic amines) is 1. The highest BCUT2D eigenvalue weighted by Gasteiger charge is 2.35. The molecule has 6 nitrogen and oxygen atoms in total. The van der Waals surface area contributed by atoms with E-state index in [-0.39, 0.29) is 17.6 Å². The van der Waals surface area contributed by atoms with Gasteiger partial charge in [-0.25, -0.2) is 15.0 Å². The first-order valence-corrected chi connectivity index (χ1v) is 7.97. The van der Waals surface area contributed by atoms with Crippen LogP contribution in [0.25, 0.3) is 0 Å². The van der Waals surface area contributed by atoms with Crippen molar-refractivity contribution in [3.63, 3.8) is 0 Å². The molecule has 2 aromatic rings. The zero-order valence-electron chi connectivity index (χ0n) is 13.9. The van der Waals surface area contributed by atoms with Crippen molar-refractivity contribution < 1.29 is 18.0 Å². The summed E-state index contributed by atoms with van der Waals surface area (Å²) in [5.41, 5.74) is 0.138. The molecule has 25 heavy (non-hydrogen) atoms. The molecule has 2 aromatic heterocycles. The molecule has 1 fully saturated rings. The number of piperidine rings is 1. The minimum Gasteiger partial charge on any atom is -0.338 e. The van der Waals surface area contributed by atoms with Crippen LogP contribution >= 0.6 is 0 Å². The van der Waals surface area contributed by atoms with Gasteiger partial charge in [-0.2, -0.15) is 13.2 Å². The lowest BCUT2D eigenvalue weighted by Gasteiger charge is -2.31. The van der Waals surface area contributed by atoms with Gasteiger partial charge in [0, 0.05) is 24.7 Å². The van der Waals surface area contributed by atoms with Gasteiger partial charge in [-0.1, -0.05) is 0 Å². The minimum atomic E-state index is -4.45. The topological polar surface area (TPSA) is 74.8 Å². The van der Waals surface area contributed by atoms with E-state index in [0.717, 1.165) is 6.20 Å². The van der Waals surface area contributed by atoms with Crippen LogP contribution in [0.3, 0.4) is 0 Å². The predicted molar refractivity (Wildman–Crippen MR) is 83.0 cm³/mol. The van der Waals surface area contributed by atoms with Gasteiger partial charge >= 0.3 is 6.18 Å². The highest BCUT2D eigenvalue weighted by molar-refractivity contribution is 5.92. The fourth-order valence-electron chi connectivity index (χ4n) is 3.06. The number of carbonyl (C=O) groups excluding carboxylic acids is 1. The second kappa shape index (κ2) is 6.45. The number of aromatic nitrogens is 4. The number of imidazole rings is 1. The number of nitrogens with one attached hydrogen (secondary N) is 1. The van der Waals surface area contributed by atoms with Crippen LogP contribution in [0.4, 0.5) is 13.2 Å². The van der Waals surface area contributed by atoms with E-state index in [4.69, 9.17) is 0 Å². The molecule has 0 aromatic carbocycles. The maximum atomic E-state index is 12.7. The van der Waals surface area contributed by atoms with Crippen molar-refractivity contribution in [1.82, 2.24) is 24.8 Å². The summed E-state index contributed by atoms with van der Waals surface area (Å²) in [5, 5.41) is 0. The Morgan fingerprint density at radius 3 is 2.72 bits per heavy atom. The zero-order chi connectivity index (χ0) is 18.2. The first-order valence-electron chi connectivity index (χ1n) is 7.97. The van der Waals surface area contributed by atoms with E-state index in [1.807, 2.05) is 0 Å². The van der Waals surface area contributed by atoms with Gasteiger partial charge in [0.05, 0.1) is 6.20 Å². The first kappa shape index (κ1) is 17.4. The van der Waals surface area contributed by atoms with Crippen molar-refractivity contribution in [2.24, 2.45) is 0 Å². The van der Waals surface area contributed by atoms with Crippen LogP contribution in [0.15, 0.2) is 12.3 Å². The van der Waals surface area contributed by atoms with Crippen LogP contribution in [-0.4, -0.2) is 43.8 Å². The number of hydrogen-bond acceptors (Lipinski definition) is 4. The standard InChI is InChI=1S/C16H18F3N5O/c1-9-6-12(22-10(2)21-9)15(25)24-5-3-4-11(8-24)14-20-7-13(23-14)16(17,18)19/h6-7,11H,3-5,8H2,1-2H3,(H,20,23)/t11-/m1/s1. The molecule has 1 aliphatic heterocycles. The third-order valence-electron chi connectivity index (χ3n) is 4.18. The minimum absolute atomic E-state index is 0.235. The van der Waals surface area contributed by atoms with E-state index >= 15 is 0 Å². The summed E-state index contributed by atoms with van der Waals surface area (Å²) in [5.74, 6) is 0.288. The van der Waals surface area contributed by atoms with Crippen molar-refractivity contribution in [2.75, 3.05) is 13.1 Å². The Labute approximate surface area is 142 Å². The lowest BCUT2D eigenvalue weighted by atomic mass is 9.97. The Kier molecular flexibility index (Phi) is 4.49. The summed E-state index contributed by atoms with van der Waals surface area (Å²) in [6.07, 6.45) is -2.28. The van der Waals surface area contributed by atoms with Gasteiger partial charge in [0.1, 0.15) is 23.0 Å². The molecule has 0 saturated carbocycles. The third kappa shape index (κ3) is 3.80. The molecule has 0 aliphatic carbocycles. The van der Waals surface area contributed by atoms with E-state index in [1.54, 1.807) is 24.8 Å². The number of H-pyrrole nitrogens is 1. The molecule has 0 bridgehead atoms. The van der Waals surface area contributed by atoms with Crippen LogP contribution < -0.4 is 0 Å². The summed E-state index contributed by atoms with van der Waals surface area (Å²) in [6, 6.07) is 1.62. The molecule has 1 atom stereocenters. The lowest BCUT2D eigenvalue weighted by Crippen LogP contribution is -2.39.